The number of hydrogen-bond acceptors (Lipinski definition) is 4. The van der Waals surface area contributed by atoms with Gasteiger partial charge in [0, 0.05) is 13.1 Å². The van der Waals surface area contributed by atoms with Gasteiger partial charge in [-0.3, -0.25) is 10.6 Å². The van der Waals surface area contributed by atoms with Crippen molar-refractivity contribution in [1.29, 1.82) is 0 Å². The lowest BCUT2D eigenvalue weighted by Crippen LogP contribution is -2.41. The molecule has 2 saturated heterocycles. The average Bonchev–Trinajstić information content (AvgIpc) is 2.97. The van der Waals surface area contributed by atoms with Crippen LogP contribution in [0.15, 0.2) is 24.3 Å². The molecule has 0 aliphatic carbocycles. The van der Waals surface area contributed by atoms with Gasteiger partial charge in [0.2, 0.25) is 0 Å². The molecule has 0 aromatic heterocycles. The van der Waals surface area contributed by atoms with E-state index in [1.54, 1.807) is 0 Å². The van der Waals surface area contributed by atoms with Crippen molar-refractivity contribution in [2.75, 3.05) is 13.1 Å². The summed E-state index contributed by atoms with van der Waals surface area (Å²) in [6.45, 7) is 10.3. The molecule has 1 aromatic carbocycles. The Balaban J connectivity index is 1.92. The third kappa shape index (κ3) is 2.29. The Bertz CT molecular complexity index is 482. The average molecular weight is 274 g/mol. The molecule has 0 bridgehead atoms. The molecule has 0 saturated carbocycles. The van der Waals surface area contributed by atoms with Crippen LogP contribution in [0.1, 0.15) is 39.4 Å². The Morgan fingerprint density at radius 1 is 1.00 bits per heavy atom. The largest absolute Gasteiger partial charge is 0.495 e. The molecule has 108 valence electrons. The molecule has 0 spiro atoms. The van der Waals surface area contributed by atoms with Crippen LogP contribution in [0.4, 0.5) is 0 Å². The monoisotopic (exact) mass is 274 g/mol. The Morgan fingerprint density at radius 2 is 1.55 bits per heavy atom. The quantitative estimate of drug-likeness (QED) is 0.795. The van der Waals surface area contributed by atoms with Crippen molar-refractivity contribution < 1.29 is 9.31 Å². The fourth-order valence-electron chi connectivity index (χ4n) is 2.68. The highest BCUT2D eigenvalue weighted by Crippen LogP contribution is 2.36. The van der Waals surface area contributed by atoms with E-state index in [1.807, 2.05) is 6.07 Å². The van der Waals surface area contributed by atoms with E-state index in [-0.39, 0.29) is 24.5 Å². The minimum absolute atomic E-state index is 0.185. The minimum Gasteiger partial charge on any atom is -0.399 e. The molecule has 0 atom stereocenters. The molecule has 5 heteroatoms. The third-order valence-corrected chi connectivity index (χ3v) is 4.64. The van der Waals surface area contributed by atoms with Gasteiger partial charge in [0.25, 0.3) is 0 Å². The van der Waals surface area contributed by atoms with Gasteiger partial charge in [-0.15, -0.1) is 0 Å². The zero-order chi connectivity index (χ0) is 14.4. The first-order valence-corrected chi connectivity index (χ1v) is 7.32. The van der Waals surface area contributed by atoms with Gasteiger partial charge in [0.05, 0.1) is 17.4 Å². The van der Waals surface area contributed by atoms with E-state index in [0.29, 0.717) is 0 Å². The summed E-state index contributed by atoms with van der Waals surface area (Å²) in [5.74, 6) is 0. The molecule has 4 nitrogen and oxygen atoms in total. The van der Waals surface area contributed by atoms with Crippen molar-refractivity contribution in [3.05, 3.63) is 29.8 Å². The second-order valence-corrected chi connectivity index (χ2v) is 6.56. The van der Waals surface area contributed by atoms with Gasteiger partial charge in [-0.25, -0.2) is 0 Å². The maximum atomic E-state index is 6.17. The van der Waals surface area contributed by atoms with Crippen LogP contribution in [-0.2, 0) is 9.31 Å². The maximum absolute atomic E-state index is 6.17. The normalized spacial score (nSPS) is 25.3. The second-order valence-electron chi connectivity index (χ2n) is 6.56. The van der Waals surface area contributed by atoms with Crippen LogP contribution in [0.2, 0.25) is 0 Å². The number of nitrogens with one attached hydrogen (secondary N) is 2. The zero-order valence-corrected chi connectivity index (χ0v) is 12.7. The smallest absolute Gasteiger partial charge is 0.399 e. The summed E-state index contributed by atoms with van der Waals surface area (Å²) in [7, 11) is -0.305. The summed E-state index contributed by atoms with van der Waals surface area (Å²) < 4.78 is 12.3. The van der Waals surface area contributed by atoms with E-state index >= 15 is 0 Å². The first-order valence-electron chi connectivity index (χ1n) is 7.32. The maximum Gasteiger partial charge on any atom is 0.495 e. The molecule has 2 aliphatic heterocycles. The fraction of sp³-hybridized carbons (Fsp3) is 0.600. The summed E-state index contributed by atoms with van der Waals surface area (Å²) in [6, 6.07) is 8.33. The number of hydrogen-bond donors (Lipinski definition) is 2. The summed E-state index contributed by atoms with van der Waals surface area (Å²) in [5, 5.41) is 6.91. The van der Waals surface area contributed by atoms with E-state index in [2.05, 4.69) is 56.5 Å². The second kappa shape index (κ2) is 4.84. The molecule has 0 amide bonds. The van der Waals surface area contributed by atoms with Gasteiger partial charge in [-0.05, 0) is 38.7 Å². The third-order valence-electron chi connectivity index (χ3n) is 4.64. The topological polar surface area (TPSA) is 42.5 Å². The molecule has 3 rings (SSSR count). The van der Waals surface area contributed by atoms with E-state index in [4.69, 9.17) is 9.31 Å². The van der Waals surface area contributed by atoms with Crippen LogP contribution in [-0.4, -0.2) is 31.4 Å². The van der Waals surface area contributed by atoms with E-state index in [0.717, 1.165) is 18.6 Å². The highest BCUT2D eigenvalue weighted by Gasteiger charge is 2.52. The Labute approximate surface area is 121 Å². The van der Waals surface area contributed by atoms with Gasteiger partial charge < -0.3 is 9.31 Å². The predicted molar refractivity (Wildman–Crippen MR) is 80.9 cm³/mol. The number of benzene rings is 1. The lowest BCUT2D eigenvalue weighted by molar-refractivity contribution is 0.00578. The van der Waals surface area contributed by atoms with Crippen molar-refractivity contribution in [3.8, 4) is 0 Å². The molecule has 0 radical (unpaired) electrons. The van der Waals surface area contributed by atoms with Gasteiger partial charge in [-0.2, -0.15) is 0 Å². The van der Waals surface area contributed by atoms with E-state index in [9.17, 15) is 0 Å². The lowest BCUT2D eigenvalue weighted by atomic mass is 9.75. The molecule has 2 N–H and O–H groups in total. The molecule has 20 heavy (non-hydrogen) atoms. The molecular formula is C15H23BN2O2. The first kappa shape index (κ1) is 14.1. The molecule has 0 unspecified atom stereocenters. The van der Waals surface area contributed by atoms with Crippen molar-refractivity contribution in [2.45, 2.75) is 45.1 Å². The Kier molecular flexibility index (Phi) is 3.41. The van der Waals surface area contributed by atoms with Crippen molar-refractivity contribution >= 4 is 12.6 Å². The molecular weight excluding hydrogens is 251 g/mol. The van der Waals surface area contributed by atoms with Crippen molar-refractivity contribution in [2.24, 2.45) is 0 Å². The van der Waals surface area contributed by atoms with Crippen LogP contribution >= 0.6 is 0 Å². The summed E-state index contributed by atoms with van der Waals surface area (Å²) in [5.41, 5.74) is 1.71. The first-order chi connectivity index (χ1) is 9.41. The highest BCUT2D eigenvalue weighted by atomic mass is 16.7. The molecule has 1 aromatic rings. The van der Waals surface area contributed by atoms with Crippen LogP contribution in [0, 0.1) is 0 Å². The predicted octanol–water partition coefficient (Wildman–Crippen LogP) is 1.18. The van der Waals surface area contributed by atoms with E-state index in [1.165, 1.54) is 5.56 Å². The highest BCUT2D eigenvalue weighted by molar-refractivity contribution is 6.62. The minimum atomic E-state index is -0.305. The van der Waals surface area contributed by atoms with Crippen LogP contribution < -0.4 is 16.1 Å². The van der Waals surface area contributed by atoms with Crippen LogP contribution in [0.5, 0.6) is 0 Å². The van der Waals surface area contributed by atoms with E-state index < -0.39 is 0 Å². The van der Waals surface area contributed by atoms with Crippen molar-refractivity contribution in [3.63, 3.8) is 0 Å². The SMILES string of the molecule is CC1(C)OB(c2ccccc2C2NCCN2)OC1(C)C. The Morgan fingerprint density at radius 3 is 2.15 bits per heavy atom. The molecule has 2 fully saturated rings. The summed E-state index contributed by atoms with van der Waals surface area (Å²) in [6.07, 6.45) is 0.185. The molecule has 2 aliphatic rings. The fourth-order valence-corrected chi connectivity index (χ4v) is 2.68. The van der Waals surface area contributed by atoms with Gasteiger partial charge >= 0.3 is 7.12 Å². The van der Waals surface area contributed by atoms with Crippen molar-refractivity contribution in [1.82, 2.24) is 10.6 Å². The van der Waals surface area contributed by atoms with Gasteiger partial charge in [0.1, 0.15) is 0 Å². The van der Waals surface area contributed by atoms with Crippen LogP contribution in [0.25, 0.3) is 0 Å². The van der Waals surface area contributed by atoms with Gasteiger partial charge in [-0.1, -0.05) is 24.3 Å². The summed E-state index contributed by atoms with van der Waals surface area (Å²) in [4.78, 5) is 0. The lowest BCUT2D eigenvalue weighted by Gasteiger charge is -2.32. The zero-order valence-electron chi connectivity index (χ0n) is 12.7. The van der Waals surface area contributed by atoms with Gasteiger partial charge in [0.15, 0.2) is 0 Å². The summed E-state index contributed by atoms with van der Waals surface area (Å²) >= 11 is 0. The molecule has 2 heterocycles. The van der Waals surface area contributed by atoms with Crippen LogP contribution in [0.3, 0.4) is 0 Å². The Hall–Kier alpha value is -0.875. The number of rotatable bonds is 2. The standard InChI is InChI=1S/C15H23BN2O2/c1-14(2)15(3,4)20-16(19-14)12-8-6-5-7-11(12)13-17-9-10-18-13/h5-8,13,17-18H,9-10H2,1-4H3.